The Hall–Kier alpha value is -3.74. The third kappa shape index (κ3) is 3.08. The summed E-state index contributed by atoms with van der Waals surface area (Å²) in [7, 11) is 1.94. The van der Waals surface area contributed by atoms with E-state index in [0.29, 0.717) is 18.8 Å². The van der Waals surface area contributed by atoms with Gasteiger partial charge >= 0.3 is 0 Å². The highest BCUT2D eigenvalue weighted by Gasteiger charge is 2.32. The van der Waals surface area contributed by atoms with Gasteiger partial charge in [0.05, 0.1) is 18.1 Å². The first-order valence-corrected chi connectivity index (χ1v) is 9.95. The fraction of sp³-hybridized carbons (Fsp3) is 0.217. The summed E-state index contributed by atoms with van der Waals surface area (Å²) in [5.74, 6) is -0.0324. The number of rotatable bonds is 3. The Morgan fingerprint density at radius 3 is 2.57 bits per heavy atom. The molecule has 2 aromatic carbocycles. The van der Waals surface area contributed by atoms with E-state index in [2.05, 4.69) is 40.5 Å². The van der Waals surface area contributed by atoms with Gasteiger partial charge in [0.25, 0.3) is 5.91 Å². The molecule has 0 N–H and O–H groups in total. The van der Waals surface area contributed by atoms with Gasteiger partial charge in [0.2, 0.25) is 0 Å². The number of carbonyl (C=O) groups excluding carboxylic acids is 1. The Labute approximate surface area is 174 Å². The number of amides is 1. The van der Waals surface area contributed by atoms with Crippen LogP contribution in [0.5, 0.6) is 0 Å². The van der Waals surface area contributed by atoms with Crippen molar-refractivity contribution in [1.29, 1.82) is 0 Å². The molecule has 0 spiro atoms. The van der Waals surface area contributed by atoms with Crippen LogP contribution in [0.1, 0.15) is 38.8 Å². The van der Waals surface area contributed by atoms with Gasteiger partial charge in [-0.05, 0) is 30.2 Å². The number of aromatic nitrogens is 5. The largest absolute Gasteiger partial charge is 0.332 e. The molecule has 0 saturated heterocycles. The lowest BCUT2D eigenvalue weighted by atomic mass is 9.85. The van der Waals surface area contributed by atoms with Gasteiger partial charge in [-0.25, -0.2) is 4.68 Å². The number of fused-ring (bicyclic) bond motifs is 1. The first-order valence-electron chi connectivity index (χ1n) is 9.95. The second kappa shape index (κ2) is 7.26. The van der Waals surface area contributed by atoms with E-state index in [-0.39, 0.29) is 11.8 Å². The highest BCUT2D eigenvalue weighted by molar-refractivity contribution is 5.92. The molecule has 1 aliphatic heterocycles. The van der Waals surface area contributed by atoms with E-state index < -0.39 is 0 Å². The second-order valence-electron chi connectivity index (χ2n) is 7.63. The number of aryl methyl sites for hydroxylation is 1. The number of hydrogen-bond donors (Lipinski definition) is 0. The van der Waals surface area contributed by atoms with E-state index in [0.717, 1.165) is 22.5 Å². The average Bonchev–Trinajstić information content (AvgIpc) is 3.41. The van der Waals surface area contributed by atoms with E-state index in [9.17, 15) is 4.79 Å². The molecule has 0 aliphatic carbocycles. The minimum Gasteiger partial charge on any atom is -0.332 e. The molecule has 0 bridgehead atoms. The molecule has 4 aromatic rings. The summed E-state index contributed by atoms with van der Waals surface area (Å²) in [6, 6.07) is 18.0. The van der Waals surface area contributed by atoms with Gasteiger partial charge in [0.15, 0.2) is 5.69 Å². The number of hydrogen-bond acceptors (Lipinski definition) is 4. The van der Waals surface area contributed by atoms with E-state index in [1.807, 2.05) is 59.2 Å². The number of para-hydroxylation sites is 1. The second-order valence-corrected chi connectivity index (χ2v) is 7.63. The van der Waals surface area contributed by atoms with Crippen molar-refractivity contribution >= 4 is 5.91 Å². The maximum absolute atomic E-state index is 13.3. The van der Waals surface area contributed by atoms with Crippen LogP contribution in [0.15, 0.2) is 67.0 Å². The van der Waals surface area contributed by atoms with Crippen LogP contribution >= 0.6 is 0 Å². The summed E-state index contributed by atoms with van der Waals surface area (Å²) in [4.78, 5) is 15.2. The van der Waals surface area contributed by atoms with Crippen LogP contribution in [-0.4, -0.2) is 42.1 Å². The van der Waals surface area contributed by atoms with Crippen molar-refractivity contribution in [2.75, 3.05) is 6.54 Å². The van der Waals surface area contributed by atoms with Crippen LogP contribution in [0, 0.1) is 6.92 Å². The zero-order chi connectivity index (χ0) is 20.7. The van der Waals surface area contributed by atoms with Crippen LogP contribution in [0.4, 0.5) is 0 Å². The lowest BCUT2D eigenvalue weighted by Gasteiger charge is -2.34. The van der Waals surface area contributed by atoms with Crippen molar-refractivity contribution in [2.24, 2.45) is 7.05 Å². The summed E-state index contributed by atoms with van der Waals surface area (Å²) < 4.78 is 3.51. The Bertz CT molecular complexity index is 1210. The molecule has 1 atom stereocenters. The predicted octanol–water partition coefficient (Wildman–Crippen LogP) is 3.10. The molecular weight excluding hydrogens is 376 g/mol. The SMILES string of the molecule is Cc1c(C2CN(C(=O)c3cn(-c4ccccc4)nn3)Cc3ccccc32)cnn1C. The molecule has 1 aliphatic rings. The molecule has 7 nitrogen and oxygen atoms in total. The third-order valence-corrected chi connectivity index (χ3v) is 5.86. The van der Waals surface area contributed by atoms with Gasteiger partial charge in [-0.15, -0.1) is 5.10 Å². The minimum absolute atomic E-state index is 0.0803. The van der Waals surface area contributed by atoms with E-state index in [4.69, 9.17) is 0 Å². The molecular formula is C23H22N6O. The van der Waals surface area contributed by atoms with Crippen LogP contribution in [0.3, 0.4) is 0 Å². The Morgan fingerprint density at radius 2 is 1.80 bits per heavy atom. The Balaban J connectivity index is 1.48. The fourth-order valence-corrected chi connectivity index (χ4v) is 4.12. The first kappa shape index (κ1) is 18.3. The first-order chi connectivity index (χ1) is 14.6. The highest BCUT2D eigenvalue weighted by Crippen LogP contribution is 2.35. The van der Waals surface area contributed by atoms with Crippen molar-refractivity contribution in [1.82, 2.24) is 29.7 Å². The van der Waals surface area contributed by atoms with Crippen molar-refractivity contribution in [2.45, 2.75) is 19.4 Å². The normalized spacial score (nSPS) is 15.8. The molecule has 5 rings (SSSR count). The van der Waals surface area contributed by atoms with Gasteiger partial charge in [-0.2, -0.15) is 5.10 Å². The topological polar surface area (TPSA) is 68.8 Å². The maximum Gasteiger partial charge on any atom is 0.276 e. The van der Waals surface area contributed by atoms with Gasteiger partial charge in [0.1, 0.15) is 0 Å². The molecule has 0 saturated carbocycles. The molecule has 150 valence electrons. The van der Waals surface area contributed by atoms with Crippen molar-refractivity contribution in [3.8, 4) is 5.69 Å². The zero-order valence-electron chi connectivity index (χ0n) is 16.9. The average molecular weight is 398 g/mol. The summed E-state index contributed by atoms with van der Waals surface area (Å²) in [6.07, 6.45) is 3.61. The molecule has 2 aromatic heterocycles. The summed E-state index contributed by atoms with van der Waals surface area (Å²) in [6.45, 7) is 3.21. The smallest absolute Gasteiger partial charge is 0.276 e. The van der Waals surface area contributed by atoms with E-state index >= 15 is 0 Å². The number of carbonyl (C=O) groups is 1. The van der Waals surface area contributed by atoms with Gasteiger partial charge < -0.3 is 4.90 Å². The summed E-state index contributed by atoms with van der Waals surface area (Å²) in [5, 5.41) is 12.7. The number of benzene rings is 2. The summed E-state index contributed by atoms with van der Waals surface area (Å²) in [5.41, 5.74) is 5.89. The monoisotopic (exact) mass is 398 g/mol. The fourth-order valence-electron chi connectivity index (χ4n) is 4.12. The quantitative estimate of drug-likeness (QED) is 0.532. The molecule has 7 heteroatoms. The number of nitrogens with zero attached hydrogens (tertiary/aromatic N) is 6. The van der Waals surface area contributed by atoms with Gasteiger partial charge in [0, 0.05) is 37.3 Å². The lowest BCUT2D eigenvalue weighted by Crippen LogP contribution is -2.39. The molecule has 1 amide bonds. The van der Waals surface area contributed by atoms with Crippen molar-refractivity contribution < 1.29 is 4.79 Å². The van der Waals surface area contributed by atoms with Gasteiger partial charge in [-0.3, -0.25) is 9.48 Å². The van der Waals surface area contributed by atoms with Crippen LogP contribution < -0.4 is 0 Å². The molecule has 30 heavy (non-hydrogen) atoms. The Kier molecular flexibility index (Phi) is 4.43. The van der Waals surface area contributed by atoms with E-state index in [1.54, 1.807) is 10.9 Å². The zero-order valence-corrected chi connectivity index (χ0v) is 16.9. The third-order valence-electron chi connectivity index (χ3n) is 5.86. The molecule has 0 fully saturated rings. The van der Waals surface area contributed by atoms with Crippen molar-refractivity contribution in [3.63, 3.8) is 0 Å². The highest BCUT2D eigenvalue weighted by atomic mass is 16.2. The van der Waals surface area contributed by atoms with Gasteiger partial charge in [-0.1, -0.05) is 47.7 Å². The molecule has 1 unspecified atom stereocenters. The van der Waals surface area contributed by atoms with Crippen LogP contribution in [0.25, 0.3) is 5.69 Å². The molecule has 0 radical (unpaired) electrons. The predicted molar refractivity (Wildman–Crippen MR) is 112 cm³/mol. The Morgan fingerprint density at radius 1 is 1.03 bits per heavy atom. The summed E-state index contributed by atoms with van der Waals surface area (Å²) >= 11 is 0. The minimum atomic E-state index is -0.113. The molecule has 3 heterocycles. The van der Waals surface area contributed by atoms with Crippen LogP contribution in [-0.2, 0) is 13.6 Å². The van der Waals surface area contributed by atoms with Crippen molar-refractivity contribution in [3.05, 3.63) is 95.1 Å². The van der Waals surface area contributed by atoms with Crippen LogP contribution in [0.2, 0.25) is 0 Å². The standard InChI is InChI=1S/C23H22N6O/c1-16-20(12-24-27(16)2)21-14-28(13-17-8-6-7-11-19(17)21)23(30)22-15-29(26-25-22)18-9-4-3-5-10-18/h3-12,15,21H,13-14H2,1-2H3. The maximum atomic E-state index is 13.3. The lowest BCUT2D eigenvalue weighted by molar-refractivity contribution is 0.0718. The van der Waals surface area contributed by atoms with E-state index in [1.165, 1.54) is 5.56 Å².